The molecule has 172 valence electrons. The predicted molar refractivity (Wildman–Crippen MR) is 125 cm³/mol. The van der Waals surface area contributed by atoms with Crippen LogP contribution in [0.1, 0.15) is 30.4 Å². The highest BCUT2D eigenvalue weighted by Gasteiger charge is 2.17. The number of nitrogens with zero attached hydrogens (tertiary/aromatic N) is 3. The third-order valence-corrected chi connectivity index (χ3v) is 5.59. The van der Waals surface area contributed by atoms with Crippen LogP contribution in [0.15, 0.2) is 36.7 Å². The maximum Gasteiger partial charge on any atom is 0.230 e. The molecule has 5 rings (SSSR count). The van der Waals surface area contributed by atoms with Crippen molar-refractivity contribution >= 4 is 21.8 Å². The lowest BCUT2D eigenvalue weighted by molar-refractivity contribution is 0.254. The van der Waals surface area contributed by atoms with Crippen LogP contribution in [0.3, 0.4) is 0 Å². The topological polar surface area (TPSA) is 72.5 Å². The first-order valence-electron chi connectivity index (χ1n) is 12.8. The summed E-state index contributed by atoms with van der Waals surface area (Å²) < 4.78 is 65.4. The van der Waals surface area contributed by atoms with Gasteiger partial charge < -0.3 is 24.1 Å². The number of methoxy groups -OCH3 is 1. The van der Waals surface area contributed by atoms with Gasteiger partial charge in [-0.1, -0.05) is 0 Å². The van der Waals surface area contributed by atoms with Crippen molar-refractivity contribution in [1.82, 2.24) is 19.9 Å². The van der Waals surface area contributed by atoms with E-state index in [-0.39, 0.29) is 23.1 Å². The Hall–Kier alpha value is -3.39. The molecule has 0 aliphatic carbocycles. The average molecular weight is 455 g/mol. The van der Waals surface area contributed by atoms with Gasteiger partial charge in [0.25, 0.3) is 0 Å². The number of nitrogens with one attached hydrogen (secondary N) is 1. The van der Waals surface area contributed by atoms with Gasteiger partial charge in [0, 0.05) is 31.9 Å². The summed E-state index contributed by atoms with van der Waals surface area (Å²) in [5.74, 6) is -0.215. The number of aryl methyl sites for hydroxylation is 1. The van der Waals surface area contributed by atoms with E-state index in [2.05, 4.69) is 15.0 Å². The zero-order valence-corrected chi connectivity index (χ0v) is 18.4. The number of likely N-dealkylation sites (tertiary alicyclic amines) is 1. The summed E-state index contributed by atoms with van der Waals surface area (Å²) in [6.45, 7) is -1.19. The Bertz CT molecular complexity index is 1460. The summed E-state index contributed by atoms with van der Waals surface area (Å²) in [5, 5.41) is 0.807. The van der Waals surface area contributed by atoms with Gasteiger partial charge in [-0.3, -0.25) is 0 Å². The van der Waals surface area contributed by atoms with E-state index >= 15 is 4.39 Å². The first-order chi connectivity index (χ1) is 17.6. The zero-order chi connectivity index (χ0) is 26.4. The highest BCUT2D eigenvalue weighted by atomic mass is 19.1. The van der Waals surface area contributed by atoms with Crippen LogP contribution in [0.5, 0.6) is 23.1 Å². The van der Waals surface area contributed by atoms with Crippen LogP contribution in [0.2, 0.25) is 0 Å². The van der Waals surface area contributed by atoms with Crippen LogP contribution in [-0.2, 0) is 0 Å². The van der Waals surface area contributed by atoms with Crippen LogP contribution in [-0.4, -0.2) is 53.1 Å². The number of fused-ring (bicyclic) bond motifs is 2. The number of benzene rings is 2. The van der Waals surface area contributed by atoms with Gasteiger partial charge in [-0.2, -0.15) is 0 Å². The monoisotopic (exact) mass is 454 g/mol. The summed E-state index contributed by atoms with van der Waals surface area (Å²) in [6, 6.07) is 7.93. The molecular formula is C25H27FN4O3. The minimum atomic E-state index is -2.33. The number of hydrogen-bond donors (Lipinski definition) is 1. The normalized spacial score (nSPS) is 16.9. The fourth-order valence-electron chi connectivity index (χ4n) is 3.97. The molecule has 4 aromatic rings. The molecule has 0 bridgehead atoms. The van der Waals surface area contributed by atoms with E-state index in [9.17, 15) is 0 Å². The molecule has 0 saturated carbocycles. The number of aromatic nitrogens is 3. The second-order valence-corrected chi connectivity index (χ2v) is 7.87. The van der Waals surface area contributed by atoms with Gasteiger partial charge >= 0.3 is 0 Å². The SMILES string of the molecule is [2H]C([2H])(CC([2H])([2H])N1CCCC1)Oc1cc2ncnc(Oc3ccc4[nH]c(C)cc4c3F)c2cc1OC. The van der Waals surface area contributed by atoms with Gasteiger partial charge in [0.1, 0.15) is 6.33 Å². The van der Waals surface area contributed by atoms with Gasteiger partial charge in [0.05, 0.1) is 27.3 Å². The van der Waals surface area contributed by atoms with Crippen LogP contribution in [0.4, 0.5) is 4.39 Å². The summed E-state index contributed by atoms with van der Waals surface area (Å²) in [5.41, 5.74) is 1.84. The third kappa shape index (κ3) is 4.43. The third-order valence-electron chi connectivity index (χ3n) is 5.59. The van der Waals surface area contributed by atoms with Gasteiger partial charge in [0.15, 0.2) is 23.1 Å². The van der Waals surface area contributed by atoms with Gasteiger partial charge in [0.2, 0.25) is 5.88 Å². The largest absolute Gasteiger partial charge is 0.493 e. The standard InChI is InChI=1S/C25H27FN4O3/c1-16-12-17-19(29-16)6-7-21(24(17)26)33-25-18-13-22(31-2)23(14-20(18)27-15-28-25)32-11-5-10-30-8-3-4-9-30/h6-7,12-15,29H,3-5,8-11H2,1-2H3/i10D2,11D2. The average Bonchev–Trinajstić information content (AvgIpc) is 3.50. The highest BCUT2D eigenvalue weighted by Crippen LogP contribution is 2.37. The molecule has 1 N–H and O–H groups in total. The molecule has 1 aliphatic heterocycles. The number of rotatable bonds is 8. The second-order valence-electron chi connectivity index (χ2n) is 7.87. The summed E-state index contributed by atoms with van der Waals surface area (Å²) in [4.78, 5) is 13.1. The molecule has 1 saturated heterocycles. The molecular weight excluding hydrogens is 423 g/mol. The van der Waals surface area contributed by atoms with Crippen molar-refractivity contribution in [3.8, 4) is 23.1 Å². The number of H-pyrrole nitrogens is 1. The molecule has 0 unspecified atom stereocenters. The molecule has 2 aromatic heterocycles. The molecule has 1 aliphatic rings. The molecule has 0 radical (unpaired) electrons. The quantitative estimate of drug-likeness (QED) is 0.393. The lowest BCUT2D eigenvalue weighted by Crippen LogP contribution is -2.21. The van der Waals surface area contributed by atoms with Gasteiger partial charge in [-0.25, -0.2) is 14.4 Å². The maximum absolute atomic E-state index is 15.1. The highest BCUT2D eigenvalue weighted by molar-refractivity contribution is 5.87. The van der Waals surface area contributed by atoms with Crippen molar-refractivity contribution in [1.29, 1.82) is 0 Å². The first kappa shape index (κ1) is 17.1. The smallest absolute Gasteiger partial charge is 0.230 e. The molecule has 7 nitrogen and oxygen atoms in total. The summed E-state index contributed by atoms with van der Waals surface area (Å²) in [6.07, 6.45) is 2.54. The van der Waals surface area contributed by atoms with E-state index in [1.165, 1.54) is 31.6 Å². The van der Waals surface area contributed by atoms with Crippen molar-refractivity contribution in [3.63, 3.8) is 0 Å². The maximum atomic E-state index is 15.1. The minimum absolute atomic E-state index is 0.00808. The second kappa shape index (κ2) is 9.23. The Labute approximate surface area is 197 Å². The summed E-state index contributed by atoms with van der Waals surface area (Å²) >= 11 is 0. The number of ether oxygens (including phenoxy) is 3. The summed E-state index contributed by atoms with van der Waals surface area (Å²) in [7, 11) is 1.40. The number of aromatic amines is 1. The van der Waals surface area contributed by atoms with Crippen LogP contribution >= 0.6 is 0 Å². The zero-order valence-electron chi connectivity index (χ0n) is 22.4. The molecule has 8 heteroatoms. The van der Waals surface area contributed by atoms with E-state index in [1.807, 2.05) is 6.92 Å². The van der Waals surface area contributed by atoms with E-state index in [4.69, 9.17) is 19.7 Å². The van der Waals surface area contributed by atoms with Crippen molar-refractivity contribution in [2.75, 3.05) is 33.3 Å². The number of hydrogen-bond acceptors (Lipinski definition) is 6. The van der Waals surface area contributed by atoms with Crippen LogP contribution in [0, 0.1) is 12.7 Å². The molecule has 0 atom stereocenters. The van der Waals surface area contributed by atoms with E-state index < -0.39 is 25.3 Å². The Balaban J connectivity index is 1.45. The fourth-order valence-corrected chi connectivity index (χ4v) is 3.97. The van der Waals surface area contributed by atoms with Gasteiger partial charge in [-0.05, 0) is 63.5 Å². The molecule has 3 heterocycles. The molecule has 33 heavy (non-hydrogen) atoms. The number of halogens is 1. The van der Waals surface area contributed by atoms with Crippen molar-refractivity contribution in [2.24, 2.45) is 0 Å². The Morgan fingerprint density at radius 1 is 1.09 bits per heavy atom. The fraction of sp³-hybridized carbons (Fsp3) is 0.360. The van der Waals surface area contributed by atoms with Crippen LogP contribution < -0.4 is 14.2 Å². The minimum Gasteiger partial charge on any atom is -0.493 e. The van der Waals surface area contributed by atoms with Gasteiger partial charge in [-0.15, -0.1) is 0 Å². The lowest BCUT2D eigenvalue weighted by Gasteiger charge is -2.16. The Morgan fingerprint density at radius 3 is 2.76 bits per heavy atom. The van der Waals surface area contributed by atoms with Crippen molar-refractivity contribution in [2.45, 2.75) is 26.2 Å². The van der Waals surface area contributed by atoms with Crippen molar-refractivity contribution < 1.29 is 24.1 Å². The first-order valence-corrected chi connectivity index (χ1v) is 10.8. The molecule has 2 aromatic carbocycles. The Morgan fingerprint density at radius 2 is 1.94 bits per heavy atom. The van der Waals surface area contributed by atoms with E-state index in [1.54, 1.807) is 17.0 Å². The lowest BCUT2D eigenvalue weighted by atomic mass is 10.2. The molecule has 1 fully saturated rings. The predicted octanol–water partition coefficient (Wildman–Crippen LogP) is 5.22. The Kier molecular flexibility index (Phi) is 4.79. The van der Waals surface area contributed by atoms with E-state index in [0.29, 0.717) is 34.9 Å². The van der Waals surface area contributed by atoms with Crippen LogP contribution in [0.25, 0.3) is 21.8 Å². The van der Waals surface area contributed by atoms with Crippen molar-refractivity contribution in [3.05, 3.63) is 48.2 Å². The molecule has 0 amide bonds. The molecule has 0 spiro atoms. The van der Waals surface area contributed by atoms with E-state index in [0.717, 1.165) is 18.5 Å².